The van der Waals surface area contributed by atoms with Gasteiger partial charge in [-0.2, -0.15) is 0 Å². The van der Waals surface area contributed by atoms with Crippen molar-refractivity contribution in [1.82, 2.24) is 14.0 Å². The second-order valence-electron chi connectivity index (χ2n) is 5.91. The monoisotopic (exact) mass is 300 g/mol. The maximum absolute atomic E-state index is 6.05. The molecule has 0 radical (unpaired) electrons. The number of nitrogens with two attached hydrogens (primary N) is 1. The van der Waals surface area contributed by atoms with E-state index in [1.54, 1.807) is 0 Å². The van der Waals surface area contributed by atoms with Gasteiger partial charge in [-0.15, -0.1) is 0 Å². The third-order valence-electron chi connectivity index (χ3n) is 4.69. The number of fused-ring (bicyclic) bond motifs is 7. The number of hydrogen-bond acceptors (Lipinski definition) is 2. The molecule has 2 aromatic carbocycles. The molecule has 112 valence electrons. The van der Waals surface area contributed by atoms with Gasteiger partial charge in [0.1, 0.15) is 0 Å². The molecule has 0 aliphatic rings. The lowest BCUT2D eigenvalue weighted by molar-refractivity contribution is 0.827. The lowest BCUT2D eigenvalue weighted by Gasteiger charge is -2.05. The Bertz CT molecular complexity index is 1210. The first-order valence-corrected chi connectivity index (χ1v) is 7.84. The number of rotatable bonds is 1. The Balaban J connectivity index is 2.11. The molecule has 0 unspecified atom stereocenters. The lowest BCUT2D eigenvalue weighted by Crippen LogP contribution is -1.94. The van der Waals surface area contributed by atoms with Crippen molar-refractivity contribution in [3.63, 3.8) is 0 Å². The lowest BCUT2D eigenvalue weighted by atomic mass is 10.1. The Labute approximate surface area is 132 Å². The van der Waals surface area contributed by atoms with E-state index in [0.717, 1.165) is 28.8 Å². The average molecular weight is 300 g/mol. The zero-order chi connectivity index (χ0) is 15.6. The van der Waals surface area contributed by atoms with Gasteiger partial charge in [-0.3, -0.25) is 4.98 Å². The van der Waals surface area contributed by atoms with Gasteiger partial charge < -0.3 is 14.7 Å². The molecule has 0 bridgehead atoms. The molecule has 23 heavy (non-hydrogen) atoms. The van der Waals surface area contributed by atoms with Crippen LogP contribution in [0.3, 0.4) is 0 Å². The molecule has 0 fully saturated rings. The van der Waals surface area contributed by atoms with Crippen molar-refractivity contribution in [2.75, 3.05) is 5.73 Å². The van der Waals surface area contributed by atoms with Crippen LogP contribution in [0.5, 0.6) is 0 Å². The Hall–Kier alpha value is -3.01. The van der Waals surface area contributed by atoms with Crippen LogP contribution >= 0.6 is 0 Å². The number of aromatic nitrogens is 3. The van der Waals surface area contributed by atoms with Gasteiger partial charge in [-0.05, 0) is 49.4 Å². The van der Waals surface area contributed by atoms with Gasteiger partial charge in [0.2, 0.25) is 0 Å². The van der Waals surface area contributed by atoms with Crippen molar-refractivity contribution >= 4 is 44.0 Å². The van der Waals surface area contributed by atoms with E-state index in [-0.39, 0.29) is 0 Å². The molecule has 2 N–H and O–H groups in total. The Kier molecular flexibility index (Phi) is 2.32. The summed E-state index contributed by atoms with van der Waals surface area (Å²) in [6.45, 7) is 3.09. The summed E-state index contributed by atoms with van der Waals surface area (Å²) in [7, 11) is 0. The van der Waals surface area contributed by atoms with Crippen LogP contribution in [0, 0.1) is 0 Å². The zero-order valence-corrected chi connectivity index (χ0v) is 12.8. The van der Waals surface area contributed by atoms with Crippen molar-refractivity contribution in [2.24, 2.45) is 0 Å². The number of anilines is 1. The molecular formula is C19H16N4. The molecule has 0 amide bonds. The summed E-state index contributed by atoms with van der Waals surface area (Å²) in [6.07, 6.45) is 4.02. The quantitative estimate of drug-likeness (QED) is 0.472. The highest BCUT2D eigenvalue weighted by Crippen LogP contribution is 2.35. The van der Waals surface area contributed by atoms with Gasteiger partial charge in [0, 0.05) is 34.7 Å². The van der Waals surface area contributed by atoms with Crippen LogP contribution in [0.25, 0.3) is 38.4 Å². The fourth-order valence-electron chi connectivity index (χ4n) is 3.69. The molecule has 3 heterocycles. The molecule has 0 aliphatic carbocycles. The molecule has 0 aliphatic heterocycles. The third kappa shape index (κ3) is 1.52. The average Bonchev–Trinajstić information content (AvgIpc) is 3.16. The van der Waals surface area contributed by atoms with E-state index in [1.165, 1.54) is 21.8 Å². The molecule has 4 heteroatoms. The second kappa shape index (κ2) is 4.26. The maximum atomic E-state index is 6.05. The molecule has 4 nitrogen and oxygen atoms in total. The number of nitrogen functional groups attached to an aromatic ring is 1. The standard InChI is InChI=1S/C19H16N4/c1-2-22-15-6-5-12(20)10-14(15)18-16(22)7-8-17-19(18)21-11-13-4-3-9-23(13)17/h3-11H,2,20H2,1H3. The van der Waals surface area contributed by atoms with Crippen LogP contribution in [0.1, 0.15) is 6.92 Å². The smallest absolute Gasteiger partial charge is 0.0970 e. The summed E-state index contributed by atoms with van der Waals surface area (Å²) in [5.41, 5.74) is 12.5. The van der Waals surface area contributed by atoms with Gasteiger partial charge >= 0.3 is 0 Å². The van der Waals surface area contributed by atoms with Gasteiger partial charge in [0.05, 0.1) is 28.3 Å². The van der Waals surface area contributed by atoms with Crippen LogP contribution in [0.15, 0.2) is 54.9 Å². The normalized spacial score (nSPS) is 12.0. The number of aryl methyl sites for hydroxylation is 1. The topological polar surface area (TPSA) is 48.2 Å². The maximum Gasteiger partial charge on any atom is 0.0970 e. The summed E-state index contributed by atoms with van der Waals surface area (Å²) in [5.74, 6) is 0. The van der Waals surface area contributed by atoms with E-state index in [0.29, 0.717) is 0 Å². The Morgan fingerprint density at radius 2 is 1.87 bits per heavy atom. The fourth-order valence-corrected chi connectivity index (χ4v) is 3.69. The molecular weight excluding hydrogens is 284 g/mol. The van der Waals surface area contributed by atoms with Crippen LogP contribution in [0.4, 0.5) is 5.69 Å². The highest BCUT2D eigenvalue weighted by molar-refractivity contribution is 6.19. The Morgan fingerprint density at radius 3 is 2.74 bits per heavy atom. The summed E-state index contributed by atoms with van der Waals surface area (Å²) in [5, 5.41) is 2.36. The first-order valence-electron chi connectivity index (χ1n) is 7.84. The van der Waals surface area contributed by atoms with Crippen LogP contribution in [-0.4, -0.2) is 14.0 Å². The van der Waals surface area contributed by atoms with E-state index in [1.807, 2.05) is 18.3 Å². The molecule has 0 spiro atoms. The first kappa shape index (κ1) is 12.5. The van der Waals surface area contributed by atoms with E-state index in [2.05, 4.69) is 52.4 Å². The van der Waals surface area contributed by atoms with Crippen molar-refractivity contribution in [2.45, 2.75) is 13.5 Å². The molecule has 3 aromatic heterocycles. The number of benzene rings is 2. The minimum absolute atomic E-state index is 0.784. The van der Waals surface area contributed by atoms with E-state index >= 15 is 0 Å². The summed E-state index contributed by atoms with van der Waals surface area (Å²) in [4.78, 5) is 4.76. The van der Waals surface area contributed by atoms with Crippen LogP contribution in [0.2, 0.25) is 0 Å². The molecule has 0 saturated heterocycles. The second-order valence-corrected chi connectivity index (χ2v) is 5.91. The van der Waals surface area contributed by atoms with Gasteiger partial charge in [-0.25, -0.2) is 0 Å². The van der Waals surface area contributed by atoms with Crippen LogP contribution < -0.4 is 5.73 Å². The summed E-state index contributed by atoms with van der Waals surface area (Å²) in [6, 6.07) is 14.6. The van der Waals surface area contributed by atoms with Crippen molar-refractivity contribution in [3.05, 3.63) is 54.9 Å². The third-order valence-corrected chi connectivity index (χ3v) is 4.69. The molecule has 0 saturated carbocycles. The van der Waals surface area contributed by atoms with E-state index < -0.39 is 0 Å². The van der Waals surface area contributed by atoms with Crippen LogP contribution in [-0.2, 0) is 6.54 Å². The summed E-state index contributed by atoms with van der Waals surface area (Å²) < 4.78 is 4.51. The predicted octanol–water partition coefficient (Wildman–Crippen LogP) is 4.20. The highest BCUT2D eigenvalue weighted by atomic mass is 15.0. The highest BCUT2D eigenvalue weighted by Gasteiger charge is 2.14. The number of hydrogen-bond donors (Lipinski definition) is 1. The van der Waals surface area contributed by atoms with Crippen molar-refractivity contribution in [1.29, 1.82) is 0 Å². The van der Waals surface area contributed by atoms with E-state index in [9.17, 15) is 0 Å². The van der Waals surface area contributed by atoms with Crippen molar-refractivity contribution < 1.29 is 0 Å². The molecule has 5 aromatic rings. The minimum atomic E-state index is 0.784. The Morgan fingerprint density at radius 1 is 1.04 bits per heavy atom. The summed E-state index contributed by atoms with van der Waals surface area (Å²) >= 11 is 0. The predicted molar refractivity (Wildman–Crippen MR) is 95.8 cm³/mol. The van der Waals surface area contributed by atoms with Gasteiger partial charge in [0.15, 0.2) is 0 Å². The molecule has 0 atom stereocenters. The largest absolute Gasteiger partial charge is 0.399 e. The number of nitrogens with zero attached hydrogens (tertiary/aromatic N) is 3. The zero-order valence-electron chi connectivity index (χ0n) is 12.8. The first-order chi connectivity index (χ1) is 11.3. The van der Waals surface area contributed by atoms with Crippen molar-refractivity contribution in [3.8, 4) is 0 Å². The van der Waals surface area contributed by atoms with E-state index in [4.69, 9.17) is 10.7 Å². The van der Waals surface area contributed by atoms with Gasteiger partial charge in [-0.1, -0.05) is 0 Å². The molecule has 5 rings (SSSR count). The fraction of sp³-hybridized carbons (Fsp3) is 0.105. The van der Waals surface area contributed by atoms with Gasteiger partial charge in [0.25, 0.3) is 0 Å². The minimum Gasteiger partial charge on any atom is -0.399 e. The SMILES string of the molecule is CCn1c2ccc(N)cc2c2c3ncc4cccn4c3ccc21.